The van der Waals surface area contributed by atoms with E-state index in [1.165, 1.54) is 0 Å². The molecule has 0 saturated carbocycles. The van der Waals surface area contributed by atoms with Gasteiger partial charge in [0.2, 0.25) is 0 Å². The second-order valence-electron chi connectivity index (χ2n) is 3.13. The van der Waals surface area contributed by atoms with Crippen LogP contribution in [0.5, 0.6) is 0 Å². The van der Waals surface area contributed by atoms with Crippen LogP contribution in [0.1, 0.15) is 25.0 Å². The summed E-state index contributed by atoms with van der Waals surface area (Å²) in [5.41, 5.74) is 21.8. The quantitative estimate of drug-likeness (QED) is 0.603. The van der Waals surface area contributed by atoms with Crippen LogP contribution in [0.3, 0.4) is 0 Å². The van der Waals surface area contributed by atoms with Crippen LogP contribution in [0, 0.1) is 0 Å². The van der Waals surface area contributed by atoms with Crippen LogP contribution < -0.4 is 17.2 Å². The van der Waals surface area contributed by atoms with E-state index in [4.69, 9.17) is 17.2 Å². The van der Waals surface area contributed by atoms with Crippen LogP contribution in [0.2, 0.25) is 0 Å². The minimum Gasteiger partial charge on any atom is -0.398 e. The van der Waals surface area contributed by atoms with Crippen LogP contribution in [-0.4, -0.2) is 0 Å². The maximum Gasteiger partial charge on any atom is 0.0420 e. The minimum absolute atomic E-state index is 0.703. The first-order chi connectivity index (χ1) is 6.11. The highest BCUT2D eigenvalue weighted by Crippen LogP contribution is 2.29. The van der Waals surface area contributed by atoms with Crippen molar-refractivity contribution in [2.24, 2.45) is 0 Å². The molecule has 0 amide bonds. The van der Waals surface area contributed by atoms with E-state index in [0.29, 0.717) is 11.4 Å². The van der Waals surface area contributed by atoms with E-state index in [1.54, 1.807) is 6.07 Å². The Morgan fingerprint density at radius 3 is 1.62 bits per heavy atom. The molecule has 0 bridgehead atoms. The average Bonchev–Trinajstić information content (AvgIpc) is 2.04. The second kappa shape index (κ2) is 3.56. The molecule has 0 aliphatic heterocycles. The number of nitrogens with two attached hydrogens (primary N) is 3. The van der Waals surface area contributed by atoms with E-state index >= 15 is 0 Å². The van der Waals surface area contributed by atoms with Gasteiger partial charge in [-0.15, -0.1) is 0 Å². The van der Waals surface area contributed by atoms with E-state index in [9.17, 15) is 0 Å². The van der Waals surface area contributed by atoms with Crippen molar-refractivity contribution in [3.63, 3.8) is 0 Å². The lowest BCUT2D eigenvalue weighted by molar-refractivity contribution is 1.10. The molecule has 3 nitrogen and oxygen atoms in total. The zero-order chi connectivity index (χ0) is 10.0. The molecule has 0 saturated heterocycles. The SMILES string of the molecule is CCc1c(N)cc(N)c(CC)c1N. The van der Waals surface area contributed by atoms with Gasteiger partial charge >= 0.3 is 0 Å². The van der Waals surface area contributed by atoms with Crippen LogP contribution in [0.4, 0.5) is 17.1 Å². The van der Waals surface area contributed by atoms with Crippen molar-refractivity contribution in [3.05, 3.63) is 17.2 Å². The van der Waals surface area contributed by atoms with Crippen molar-refractivity contribution < 1.29 is 0 Å². The van der Waals surface area contributed by atoms with Gasteiger partial charge in [-0.2, -0.15) is 0 Å². The summed E-state index contributed by atoms with van der Waals surface area (Å²) in [6, 6.07) is 1.80. The third kappa shape index (κ3) is 1.54. The molecular weight excluding hydrogens is 162 g/mol. The molecule has 6 N–H and O–H groups in total. The molecule has 0 unspecified atom stereocenters. The van der Waals surface area contributed by atoms with Crippen molar-refractivity contribution in [2.75, 3.05) is 17.2 Å². The van der Waals surface area contributed by atoms with Crippen LogP contribution in [0.25, 0.3) is 0 Å². The molecule has 13 heavy (non-hydrogen) atoms. The molecule has 1 aromatic carbocycles. The zero-order valence-electron chi connectivity index (χ0n) is 8.22. The van der Waals surface area contributed by atoms with Gasteiger partial charge in [-0.05, 0) is 30.0 Å². The lowest BCUT2D eigenvalue weighted by Gasteiger charge is -2.13. The molecule has 0 aliphatic carbocycles. The fourth-order valence-electron chi connectivity index (χ4n) is 1.62. The lowest BCUT2D eigenvalue weighted by Crippen LogP contribution is -2.06. The molecule has 0 atom stereocenters. The van der Waals surface area contributed by atoms with Gasteiger partial charge in [0.1, 0.15) is 0 Å². The summed E-state index contributed by atoms with van der Waals surface area (Å²) < 4.78 is 0. The summed E-state index contributed by atoms with van der Waals surface area (Å²) in [5.74, 6) is 0. The summed E-state index contributed by atoms with van der Waals surface area (Å²) in [6.45, 7) is 4.08. The Kier molecular flexibility index (Phi) is 2.66. The summed E-state index contributed by atoms with van der Waals surface area (Å²) in [7, 11) is 0. The van der Waals surface area contributed by atoms with E-state index < -0.39 is 0 Å². The molecule has 0 aromatic heterocycles. The molecule has 1 rings (SSSR count). The van der Waals surface area contributed by atoms with Crippen LogP contribution in [-0.2, 0) is 12.8 Å². The van der Waals surface area contributed by atoms with Crippen molar-refractivity contribution >= 4 is 17.1 Å². The monoisotopic (exact) mass is 179 g/mol. The van der Waals surface area contributed by atoms with Crippen molar-refractivity contribution in [2.45, 2.75) is 26.7 Å². The Bertz CT molecular complexity index is 290. The van der Waals surface area contributed by atoms with E-state index in [-0.39, 0.29) is 0 Å². The number of hydrogen-bond donors (Lipinski definition) is 3. The van der Waals surface area contributed by atoms with Crippen molar-refractivity contribution in [1.82, 2.24) is 0 Å². The van der Waals surface area contributed by atoms with Gasteiger partial charge in [0.15, 0.2) is 0 Å². The predicted molar refractivity (Wildman–Crippen MR) is 58.4 cm³/mol. The van der Waals surface area contributed by atoms with E-state index in [1.807, 2.05) is 13.8 Å². The van der Waals surface area contributed by atoms with E-state index in [2.05, 4.69) is 0 Å². The first kappa shape index (κ1) is 9.71. The van der Waals surface area contributed by atoms with Gasteiger partial charge in [-0.25, -0.2) is 0 Å². The molecule has 0 heterocycles. The predicted octanol–water partition coefficient (Wildman–Crippen LogP) is 1.56. The molecular formula is C10H17N3. The highest BCUT2D eigenvalue weighted by molar-refractivity contribution is 5.74. The molecule has 0 spiro atoms. The van der Waals surface area contributed by atoms with Gasteiger partial charge in [0, 0.05) is 17.1 Å². The molecule has 1 aromatic rings. The van der Waals surface area contributed by atoms with Crippen LogP contribution >= 0.6 is 0 Å². The number of rotatable bonds is 2. The van der Waals surface area contributed by atoms with Crippen LogP contribution in [0.15, 0.2) is 6.07 Å². The summed E-state index contributed by atoms with van der Waals surface area (Å²) in [6.07, 6.45) is 1.70. The van der Waals surface area contributed by atoms with Crippen molar-refractivity contribution in [1.29, 1.82) is 0 Å². The smallest absolute Gasteiger partial charge is 0.0420 e. The maximum absolute atomic E-state index is 5.95. The molecule has 3 heteroatoms. The number of nitrogen functional groups attached to an aromatic ring is 3. The van der Waals surface area contributed by atoms with Gasteiger partial charge in [-0.1, -0.05) is 13.8 Å². The molecule has 0 fully saturated rings. The average molecular weight is 179 g/mol. The number of benzene rings is 1. The largest absolute Gasteiger partial charge is 0.398 e. The number of hydrogen-bond acceptors (Lipinski definition) is 3. The Labute approximate surface area is 78.9 Å². The highest BCUT2D eigenvalue weighted by atomic mass is 14.7. The van der Waals surface area contributed by atoms with Gasteiger partial charge in [-0.3, -0.25) is 0 Å². The Hall–Kier alpha value is -1.38. The summed E-state index contributed by atoms with van der Waals surface area (Å²) in [4.78, 5) is 0. The molecule has 0 aliphatic rings. The topological polar surface area (TPSA) is 78.1 Å². The zero-order valence-corrected chi connectivity index (χ0v) is 8.22. The van der Waals surface area contributed by atoms with E-state index in [0.717, 1.165) is 29.7 Å². The van der Waals surface area contributed by atoms with Gasteiger partial charge < -0.3 is 17.2 Å². The summed E-state index contributed by atoms with van der Waals surface area (Å²) in [5, 5.41) is 0. The third-order valence-corrected chi connectivity index (χ3v) is 2.37. The first-order valence-corrected chi connectivity index (χ1v) is 4.56. The standard InChI is InChI=1S/C10H17N3/c1-3-6-8(11)5-9(12)7(4-2)10(6)13/h5H,3-4,11-13H2,1-2H3. The van der Waals surface area contributed by atoms with Crippen molar-refractivity contribution in [3.8, 4) is 0 Å². The first-order valence-electron chi connectivity index (χ1n) is 4.56. The molecule has 72 valence electrons. The molecule has 0 radical (unpaired) electrons. The Morgan fingerprint density at radius 1 is 0.923 bits per heavy atom. The van der Waals surface area contributed by atoms with Gasteiger partial charge in [0.05, 0.1) is 0 Å². The second-order valence-corrected chi connectivity index (χ2v) is 3.13. The minimum atomic E-state index is 0.703. The fraction of sp³-hybridized carbons (Fsp3) is 0.400. The third-order valence-electron chi connectivity index (χ3n) is 2.37. The normalized spacial score (nSPS) is 10.3. The van der Waals surface area contributed by atoms with Gasteiger partial charge in [0.25, 0.3) is 0 Å². The fourth-order valence-corrected chi connectivity index (χ4v) is 1.62. The Balaban J connectivity index is 3.39. The Morgan fingerprint density at radius 2 is 1.31 bits per heavy atom. The number of anilines is 3. The summed E-state index contributed by atoms with van der Waals surface area (Å²) >= 11 is 0. The lowest BCUT2D eigenvalue weighted by atomic mass is 10.00. The maximum atomic E-state index is 5.95. The highest BCUT2D eigenvalue weighted by Gasteiger charge is 2.09.